The summed E-state index contributed by atoms with van der Waals surface area (Å²) in [5.41, 5.74) is 1.92. The molecule has 1 atom stereocenters. The van der Waals surface area contributed by atoms with E-state index >= 15 is 0 Å². The highest BCUT2D eigenvalue weighted by molar-refractivity contribution is 6.13. The number of fused-ring (bicyclic) bond motifs is 1. The van der Waals surface area contributed by atoms with E-state index in [1.165, 1.54) is 6.20 Å². The minimum absolute atomic E-state index is 0.0566. The van der Waals surface area contributed by atoms with Crippen molar-refractivity contribution in [3.05, 3.63) is 29.7 Å². The molecule has 0 bridgehead atoms. The van der Waals surface area contributed by atoms with Crippen molar-refractivity contribution in [1.29, 1.82) is 5.26 Å². The van der Waals surface area contributed by atoms with Crippen molar-refractivity contribution in [2.75, 3.05) is 0 Å². The van der Waals surface area contributed by atoms with E-state index in [0.717, 1.165) is 5.69 Å². The summed E-state index contributed by atoms with van der Waals surface area (Å²) in [5, 5.41) is 12.7. The summed E-state index contributed by atoms with van der Waals surface area (Å²) in [4.78, 5) is 6.87. The first-order valence-electron chi connectivity index (χ1n) is 4.36. The number of imidazole rings is 1. The highest BCUT2D eigenvalue weighted by Gasteiger charge is 2.09. The molecule has 2 aromatic rings. The van der Waals surface area contributed by atoms with Crippen LogP contribution >= 0.6 is 11.8 Å². The van der Waals surface area contributed by atoms with Crippen LogP contribution in [0.15, 0.2) is 18.5 Å². The maximum absolute atomic E-state index is 8.70. The van der Waals surface area contributed by atoms with Gasteiger partial charge in [0.2, 0.25) is 0 Å². The summed E-state index contributed by atoms with van der Waals surface area (Å²) in [6.45, 7) is 1.89. The van der Waals surface area contributed by atoms with E-state index in [0.29, 0.717) is 11.2 Å². The lowest BCUT2D eigenvalue weighted by Crippen LogP contribution is -2.06. The fraction of sp³-hybridized carbons (Fsp3) is 0.222. The third-order valence-corrected chi connectivity index (χ3v) is 2.40. The second-order valence-corrected chi connectivity index (χ2v) is 3.37. The average Bonchev–Trinajstić information content (AvgIpc) is 2.70. The van der Waals surface area contributed by atoms with Crippen LogP contribution in [0.4, 0.5) is 0 Å². The fourth-order valence-electron chi connectivity index (χ4n) is 1.22. The van der Waals surface area contributed by atoms with Crippen molar-refractivity contribution in [2.24, 2.45) is 0 Å². The molecule has 2 rings (SSSR count). The Morgan fingerprint density at radius 1 is 1.67 bits per heavy atom. The van der Waals surface area contributed by atoms with E-state index < -0.39 is 0 Å². The molecule has 0 radical (unpaired) electrons. The molecule has 0 amide bonds. The number of aromatic nitrogens is 3. The van der Waals surface area contributed by atoms with Crippen LogP contribution in [0, 0.1) is 11.3 Å². The lowest BCUT2D eigenvalue weighted by molar-refractivity contribution is 0.722. The number of rotatable bonds is 2. The predicted octanol–water partition coefficient (Wildman–Crippen LogP) is 1.41. The molecule has 0 aromatic carbocycles. The summed E-state index contributed by atoms with van der Waals surface area (Å²) in [7, 11) is 0. The first-order valence-corrected chi connectivity index (χ1v) is 4.74. The first kappa shape index (κ1) is 9.90. The van der Waals surface area contributed by atoms with Gasteiger partial charge in [0, 0.05) is 6.07 Å². The second-order valence-electron chi connectivity index (χ2n) is 3.16. The molecule has 76 valence electrons. The Morgan fingerprint density at radius 3 is 3.13 bits per heavy atom. The average molecular weight is 222 g/mol. The van der Waals surface area contributed by atoms with E-state index in [1.807, 2.05) is 13.0 Å². The van der Waals surface area contributed by atoms with Crippen molar-refractivity contribution >= 4 is 17.4 Å². The van der Waals surface area contributed by atoms with Gasteiger partial charge in [0.15, 0.2) is 5.65 Å². The van der Waals surface area contributed by atoms with Crippen LogP contribution in [0.3, 0.4) is 0 Å². The smallest absolute Gasteiger partial charge is 0.155 e. The fourth-order valence-corrected chi connectivity index (χ4v) is 1.33. The van der Waals surface area contributed by atoms with Crippen LogP contribution in [-0.4, -0.2) is 14.6 Å². The van der Waals surface area contributed by atoms with Gasteiger partial charge < -0.3 is 0 Å². The van der Waals surface area contributed by atoms with E-state index in [9.17, 15) is 0 Å². The first-order chi connectivity index (χ1) is 7.24. The Balaban J connectivity index is 2.52. The van der Waals surface area contributed by atoms with E-state index in [2.05, 4.69) is 14.9 Å². The highest BCUT2D eigenvalue weighted by Crippen LogP contribution is 2.13. The largest absolute Gasteiger partial charge is 0.230 e. The highest BCUT2D eigenvalue weighted by atomic mass is 35.5. The zero-order valence-electron chi connectivity index (χ0n) is 7.98. The molecule has 6 heteroatoms. The summed E-state index contributed by atoms with van der Waals surface area (Å²) in [6, 6.07) is 3.64. The SMILES string of the molecule is C[C@H](NCl)c1cn2ncc(C#N)cc2n1. The third-order valence-electron chi connectivity index (χ3n) is 2.08. The third kappa shape index (κ3) is 1.77. The number of hydrogen-bond acceptors (Lipinski definition) is 4. The van der Waals surface area contributed by atoms with Crippen LogP contribution in [0.1, 0.15) is 24.2 Å². The van der Waals surface area contributed by atoms with Crippen LogP contribution in [0.25, 0.3) is 5.65 Å². The quantitative estimate of drug-likeness (QED) is 0.779. The van der Waals surface area contributed by atoms with Crippen molar-refractivity contribution in [1.82, 2.24) is 19.4 Å². The molecule has 0 aliphatic carbocycles. The standard InChI is InChI=1S/C9H8ClN5/c1-6(14-10)8-5-15-9(13-8)2-7(3-11)4-12-15/h2,4-6,14H,1H3/t6-/m0/s1. The van der Waals surface area contributed by atoms with Gasteiger partial charge in [-0.05, 0) is 18.7 Å². The van der Waals surface area contributed by atoms with Gasteiger partial charge in [0.25, 0.3) is 0 Å². The van der Waals surface area contributed by atoms with Gasteiger partial charge in [0.1, 0.15) is 6.07 Å². The topological polar surface area (TPSA) is 66.0 Å². The molecule has 0 unspecified atom stereocenters. The van der Waals surface area contributed by atoms with Gasteiger partial charge in [-0.1, -0.05) is 0 Å². The molecule has 0 spiro atoms. The lowest BCUT2D eigenvalue weighted by atomic mass is 10.3. The normalized spacial score (nSPS) is 12.6. The van der Waals surface area contributed by atoms with Gasteiger partial charge in [-0.25, -0.2) is 14.3 Å². The molecule has 0 saturated carbocycles. The van der Waals surface area contributed by atoms with Crippen LogP contribution in [-0.2, 0) is 0 Å². The molecule has 2 aromatic heterocycles. The van der Waals surface area contributed by atoms with Gasteiger partial charge in [-0.3, -0.25) is 0 Å². The van der Waals surface area contributed by atoms with E-state index in [4.69, 9.17) is 17.0 Å². The maximum atomic E-state index is 8.70. The van der Waals surface area contributed by atoms with Crippen LogP contribution in [0.5, 0.6) is 0 Å². The minimum Gasteiger partial charge on any atom is -0.230 e. The van der Waals surface area contributed by atoms with E-state index in [1.54, 1.807) is 16.8 Å². The molecular weight excluding hydrogens is 214 g/mol. The molecule has 0 aliphatic heterocycles. The van der Waals surface area contributed by atoms with Crippen molar-refractivity contribution in [3.63, 3.8) is 0 Å². The van der Waals surface area contributed by atoms with Crippen molar-refractivity contribution < 1.29 is 0 Å². The Labute approximate surface area is 91.4 Å². The molecule has 0 saturated heterocycles. The number of nitriles is 1. The molecule has 0 aliphatic rings. The number of nitrogens with one attached hydrogen (secondary N) is 1. The van der Waals surface area contributed by atoms with Gasteiger partial charge in [-0.15, -0.1) is 0 Å². The molecule has 15 heavy (non-hydrogen) atoms. The Bertz CT molecular complexity index is 527. The molecule has 1 N–H and O–H groups in total. The summed E-state index contributed by atoms with van der Waals surface area (Å²) >= 11 is 5.50. The van der Waals surface area contributed by atoms with Gasteiger partial charge in [-0.2, -0.15) is 10.4 Å². The Hall–Kier alpha value is -1.64. The van der Waals surface area contributed by atoms with Crippen LogP contribution in [0.2, 0.25) is 0 Å². The second kappa shape index (κ2) is 3.85. The summed E-state index contributed by atoms with van der Waals surface area (Å²) < 4.78 is 1.61. The van der Waals surface area contributed by atoms with Crippen molar-refractivity contribution in [3.8, 4) is 6.07 Å². The molecule has 5 nitrogen and oxygen atoms in total. The number of nitrogens with zero attached hydrogens (tertiary/aromatic N) is 4. The lowest BCUT2D eigenvalue weighted by Gasteiger charge is -2.01. The van der Waals surface area contributed by atoms with Crippen LogP contribution < -0.4 is 4.84 Å². The van der Waals surface area contributed by atoms with Gasteiger partial charge in [0.05, 0.1) is 29.7 Å². The monoisotopic (exact) mass is 221 g/mol. The van der Waals surface area contributed by atoms with Gasteiger partial charge >= 0.3 is 0 Å². The minimum atomic E-state index is -0.0566. The maximum Gasteiger partial charge on any atom is 0.155 e. The summed E-state index contributed by atoms with van der Waals surface area (Å²) in [5.74, 6) is 0. The number of hydrogen-bond donors (Lipinski definition) is 1. The molecular formula is C9H8ClN5. The zero-order chi connectivity index (χ0) is 10.8. The Morgan fingerprint density at radius 2 is 2.47 bits per heavy atom. The molecule has 0 fully saturated rings. The Kier molecular flexibility index (Phi) is 2.54. The summed E-state index contributed by atoms with van der Waals surface area (Å²) in [6.07, 6.45) is 3.27. The molecule has 2 heterocycles. The van der Waals surface area contributed by atoms with E-state index in [-0.39, 0.29) is 6.04 Å². The zero-order valence-corrected chi connectivity index (χ0v) is 8.73. The predicted molar refractivity (Wildman–Crippen MR) is 55.1 cm³/mol. The number of halogens is 1. The van der Waals surface area contributed by atoms with Crippen molar-refractivity contribution in [2.45, 2.75) is 13.0 Å².